The van der Waals surface area contributed by atoms with Crippen LogP contribution in [0.15, 0.2) is 60.0 Å². The molecule has 0 aliphatic heterocycles. The topological polar surface area (TPSA) is 51.0 Å². The van der Waals surface area contributed by atoms with E-state index in [9.17, 15) is 4.79 Å². The zero-order valence-electron chi connectivity index (χ0n) is 17.1. The van der Waals surface area contributed by atoms with Crippen molar-refractivity contribution in [3.8, 4) is 0 Å². The normalized spacial score (nSPS) is 10.8. The van der Waals surface area contributed by atoms with Gasteiger partial charge in [-0.05, 0) is 55.5 Å². The summed E-state index contributed by atoms with van der Waals surface area (Å²) in [5.74, 6) is -0.0423. The van der Waals surface area contributed by atoms with E-state index in [4.69, 9.17) is 16.6 Å². The van der Waals surface area contributed by atoms with E-state index in [0.717, 1.165) is 33.6 Å². The predicted octanol–water partition coefficient (Wildman–Crippen LogP) is 6.34. The molecule has 31 heavy (non-hydrogen) atoms. The third-order valence-corrected chi connectivity index (χ3v) is 6.76. The highest BCUT2D eigenvalue weighted by molar-refractivity contribution is 7.98. The third kappa shape index (κ3) is 5.41. The van der Waals surface area contributed by atoms with Gasteiger partial charge in [0, 0.05) is 41.0 Å². The second-order valence-corrected chi connectivity index (χ2v) is 9.23. The van der Waals surface area contributed by atoms with Crippen LogP contribution < -0.4 is 4.90 Å². The molecular formula is C22H22Cl2N4OS2. The van der Waals surface area contributed by atoms with Crippen molar-refractivity contribution in [2.24, 2.45) is 0 Å². The summed E-state index contributed by atoms with van der Waals surface area (Å²) in [6.45, 7) is 3.34. The maximum atomic E-state index is 13.5. The summed E-state index contributed by atoms with van der Waals surface area (Å²) in [6.07, 6.45) is 8.28. The molecule has 1 amide bonds. The van der Waals surface area contributed by atoms with E-state index in [1.165, 1.54) is 11.3 Å². The third-order valence-electron chi connectivity index (χ3n) is 4.79. The zero-order chi connectivity index (χ0) is 21.1. The number of fused-ring (bicyclic) bond motifs is 1. The fourth-order valence-corrected chi connectivity index (χ4v) is 5.19. The van der Waals surface area contributed by atoms with E-state index in [1.54, 1.807) is 29.2 Å². The lowest BCUT2D eigenvalue weighted by Crippen LogP contribution is -2.32. The van der Waals surface area contributed by atoms with E-state index in [1.807, 2.05) is 60.3 Å². The minimum Gasteiger partial charge on any atom is -0.337 e. The van der Waals surface area contributed by atoms with Crippen LogP contribution in [0.4, 0.5) is 5.13 Å². The molecule has 5 nitrogen and oxygen atoms in total. The van der Waals surface area contributed by atoms with Crippen molar-refractivity contribution in [2.45, 2.75) is 24.8 Å². The van der Waals surface area contributed by atoms with Gasteiger partial charge in [-0.25, -0.2) is 9.97 Å². The van der Waals surface area contributed by atoms with Crippen LogP contribution in [-0.2, 0) is 6.54 Å². The summed E-state index contributed by atoms with van der Waals surface area (Å²) < 4.78 is 3.00. The number of halogens is 2. The van der Waals surface area contributed by atoms with E-state index in [-0.39, 0.29) is 18.3 Å². The molecule has 2 aromatic heterocycles. The number of imidazole rings is 1. The number of aryl methyl sites for hydroxylation is 2. The lowest BCUT2D eigenvalue weighted by Gasteiger charge is -2.20. The Labute approximate surface area is 200 Å². The Morgan fingerprint density at radius 1 is 1.29 bits per heavy atom. The first-order valence-electron chi connectivity index (χ1n) is 9.53. The lowest BCUT2D eigenvalue weighted by atomic mass is 10.2. The molecule has 4 aromatic rings. The first-order chi connectivity index (χ1) is 14.5. The highest BCUT2D eigenvalue weighted by Gasteiger charge is 2.22. The number of aromatic nitrogens is 3. The van der Waals surface area contributed by atoms with Crippen LogP contribution >= 0.6 is 47.1 Å². The second kappa shape index (κ2) is 10.5. The molecule has 0 saturated heterocycles. The molecule has 0 atom stereocenters. The van der Waals surface area contributed by atoms with E-state index < -0.39 is 0 Å². The standard InChI is InChI=1S/C22H21ClN4OS2.ClH/c1-15-11-17(23)13-19-20(15)25-22(30-19)27(9-4-8-26-10-7-24-14-26)21(28)16-5-3-6-18(12-16)29-2;/h3,5-7,10-14H,4,8-9H2,1-2H3;1H. The van der Waals surface area contributed by atoms with Crippen LogP contribution in [0.2, 0.25) is 5.02 Å². The molecule has 0 radical (unpaired) electrons. The van der Waals surface area contributed by atoms with Gasteiger partial charge in [-0.1, -0.05) is 29.0 Å². The first kappa shape index (κ1) is 23.6. The number of carbonyl (C=O) groups excluding carboxylic acids is 1. The largest absolute Gasteiger partial charge is 0.337 e. The Morgan fingerprint density at radius 3 is 2.87 bits per heavy atom. The zero-order valence-corrected chi connectivity index (χ0v) is 20.3. The van der Waals surface area contributed by atoms with Crippen molar-refractivity contribution in [2.75, 3.05) is 17.7 Å². The number of hydrogen-bond acceptors (Lipinski definition) is 5. The number of thioether (sulfide) groups is 1. The van der Waals surface area contributed by atoms with E-state index in [2.05, 4.69) is 4.98 Å². The molecular weight excluding hydrogens is 471 g/mol. The summed E-state index contributed by atoms with van der Waals surface area (Å²) in [4.78, 5) is 25.2. The van der Waals surface area contributed by atoms with Crippen LogP contribution in [0.1, 0.15) is 22.3 Å². The number of benzene rings is 2. The molecule has 0 N–H and O–H groups in total. The second-order valence-electron chi connectivity index (χ2n) is 6.91. The maximum Gasteiger partial charge on any atom is 0.260 e. The van der Waals surface area contributed by atoms with Gasteiger partial charge in [0.1, 0.15) is 0 Å². The molecule has 2 heterocycles. The summed E-state index contributed by atoms with van der Waals surface area (Å²) in [5, 5.41) is 1.38. The van der Waals surface area contributed by atoms with Crippen molar-refractivity contribution >= 4 is 68.4 Å². The van der Waals surface area contributed by atoms with E-state index in [0.29, 0.717) is 22.3 Å². The highest BCUT2D eigenvalue weighted by atomic mass is 35.5. The monoisotopic (exact) mass is 492 g/mol. The van der Waals surface area contributed by atoms with Crippen LogP contribution in [-0.4, -0.2) is 33.2 Å². The Bertz CT molecular complexity index is 1180. The summed E-state index contributed by atoms with van der Waals surface area (Å²) in [7, 11) is 0. The van der Waals surface area contributed by atoms with Crippen LogP contribution in [0.5, 0.6) is 0 Å². The Morgan fingerprint density at radius 2 is 2.13 bits per heavy atom. The molecule has 0 aliphatic carbocycles. The van der Waals surface area contributed by atoms with Crippen LogP contribution in [0, 0.1) is 6.92 Å². The number of rotatable bonds is 7. The van der Waals surface area contributed by atoms with Crippen molar-refractivity contribution < 1.29 is 4.79 Å². The first-order valence-corrected chi connectivity index (χ1v) is 12.0. The molecule has 9 heteroatoms. The van der Waals surface area contributed by atoms with Crippen molar-refractivity contribution in [3.63, 3.8) is 0 Å². The minimum absolute atomic E-state index is 0. The van der Waals surface area contributed by atoms with Crippen LogP contribution in [0.3, 0.4) is 0 Å². The summed E-state index contributed by atoms with van der Waals surface area (Å²) in [6, 6.07) is 11.5. The molecule has 0 fully saturated rings. The number of nitrogens with zero attached hydrogens (tertiary/aromatic N) is 4. The molecule has 0 unspecified atom stereocenters. The summed E-state index contributed by atoms with van der Waals surface area (Å²) >= 11 is 9.36. The van der Waals surface area contributed by atoms with Gasteiger partial charge in [0.05, 0.1) is 16.5 Å². The van der Waals surface area contributed by atoms with Crippen molar-refractivity contribution in [1.29, 1.82) is 0 Å². The Balaban J connectivity index is 0.00000272. The van der Waals surface area contributed by atoms with Gasteiger partial charge in [-0.3, -0.25) is 9.69 Å². The number of carbonyl (C=O) groups is 1. The average Bonchev–Trinajstić information content (AvgIpc) is 3.40. The van der Waals surface area contributed by atoms with Gasteiger partial charge >= 0.3 is 0 Å². The molecule has 2 aromatic carbocycles. The molecule has 0 spiro atoms. The van der Waals surface area contributed by atoms with E-state index >= 15 is 0 Å². The minimum atomic E-state index is -0.0423. The Hall–Kier alpha value is -2.06. The number of anilines is 1. The smallest absolute Gasteiger partial charge is 0.260 e. The average molecular weight is 493 g/mol. The van der Waals surface area contributed by atoms with Crippen LogP contribution in [0.25, 0.3) is 10.2 Å². The van der Waals surface area contributed by atoms with Gasteiger partial charge in [0.25, 0.3) is 5.91 Å². The number of hydrogen-bond donors (Lipinski definition) is 0. The number of thiazole rings is 1. The fraction of sp³-hybridized carbons (Fsp3) is 0.227. The molecule has 4 rings (SSSR count). The van der Waals surface area contributed by atoms with Crippen molar-refractivity contribution in [3.05, 3.63) is 71.3 Å². The van der Waals surface area contributed by atoms with Gasteiger partial charge in [-0.15, -0.1) is 24.2 Å². The maximum absolute atomic E-state index is 13.5. The number of amides is 1. The van der Waals surface area contributed by atoms with Gasteiger partial charge in [0.15, 0.2) is 5.13 Å². The Kier molecular flexibility index (Phi) is 8.00. The van der Waals surface area contributed by atoms with Gasteiger partial charge in [0.2, 0.25) is 0 Å². The lowest BCUT2D eigenvalue weighted by molar-refractivity contribution is 0.0986. The molecule has 0 saturated carbocycles. The fourth-order valence-electron chi connectivity index (χ4n) is 3.28. The summed E-state index contributed by atoms with van der Waals surface area (Å²) in [5.41, 5.74) is 2.57. The molecule has 0 bridgehead atoms. The van der Waals surface area contributed by atoms with Gasteiger partial charge in [-0.2, -0.15) is 0 Å². The van der Waals surface area contributed by atoms with Crippen molar-refractivity contribution in [1.82, 2.24) is 14.5 Å². The predicted molar refractivity (Wildman–Crippen MR) is 133 cm³/mol. The SMILES string of the molecule is CSc1cccc(C(=O)N(CCCn2ccnc2)c2nc3c(C)cc(Cl)cc3s2)c1.Cl. The van der Waals surface area contributed by atoms with Gasteiger partial charge < -0.3 is 4.57 Å². The molecule has 0 aliphatic rings. The molecule has 162 valence electrons. The highest BCUT2D eigenvalue weighted by Crippen LogP contribution is 2.34. The quantitative estimate of drug-likeness (QED) is 0.282.